The van der Waals surface area contributed by atoms with E-state index in [1.54, 1.807) is 12.4 Å². The summed E-state index contributed by atoms with van der Waals surface area (Å²) in [5.74, 6) is 1.94. The van der Waals surface area contributed by atoms with Crippen molar-refractivity contribution in [3.8, 4) is 0 Å². The van der Waals surface area contributed by atoms with Gasteiger partial charge in [-0.1, -0.05) is 13.8 Å². The average molecular weight is 200 g/mol. The van der Waals surface area contributed by atoms with Gasteiger partial charge in [0.05, 0.1) is 4.47 Å². The normalized spacial score (nSPS) is 10.4. The molecule has 0 amide bonds. The third kappa shape index (κ3) is 1.77. The molecular weight excluding hydrogens is 192 g/mol. The minimum absolute atomic E-state index is 0.809. The van der Waals surface area contributed by atoms with Gasteiger partial charge in [0.25, 0.3) is 0 Å². The largest absolute Gasteiger partial charge is 0.240 e. The zero-order chi connectivity index (χ0) is 7.56. The molecule has 1 aromatic heterocycles. The molecule has 1 radical (unpaired) electrons. The molecule has 0 N–H and O–H groups in total. The number of hydrogen-bond donors (Lipinski definition) is 0. The molecule has 1 heterocycles. The summed E-state index contributed by atoms with van der Waals surface area (Å²) in [4.78, 5) is 8.17. The molecular formula is C7H8BrN2. The first-order valence-electron chi connectivity index (χ1n) is 2.98. The highest BCUT2D eigenvalue weighted by Gasteiger charge is 2.00. The predicted octanol–water partition coefficient (Wildman–Crippen LogP) is 2.20. The summed E-state index contributed by atoms with van der Waals surface area (Å²) in [5.41, 5.74) is 0. The van der Waals surface area contributed by atoms with E-state index in [1.165, 1.54) is 0 Å². The molecule has 1 aromatic rings. The SMILES string of the molecule is C[C](C)c1ncc(Br)cn1. The van der Waals surface area contributed by atoms with E-state index in [4.69, 9.17) is 0 Å². The first kappa shape index (κ1) is 7.66. The van der Waals surface area contributed by atoms with Crippen LogP contribution in [0.2, 0.25) is 0 Å². The van der Waals surface area contributed by atoms with Crippen molar-refractivity contribution in [3.05, 3.63) is 28.6 Å². The van der Waals surface area contributed by atoms with Gasteiger partial charge in [0.1, 0.15) is 5.82 Å². The van der Waals surface area contributed by atoms with Crippen molar-refractivity contribution in [2.45, 2.75) is 13.8 Å². The van der Waals surface area contributed by atoms with Gasteiger partial charge in [0.15, 0.2) is 0 Å². The van der Waals surface area contributed by atoms with Crippen LogP contribution in [0.3, 0.4) is 0 Å². The molecule has 0 unspecified atom stereocenters. The van der Waals surface area contributed by atoms with Crippen LogP contribution in [-0.2, 0) is 0 Å². The van der Waals surface area contributed by atoms with E-state index in [0.717, 1.165) is 16.2 Å². The Morgan fingerprint density at radius 1 is 1.30 bits per heavy atom. The van der Waals surface area contributed by atoms with Gasteiger partial charge in [-0.05, 0) is 15.9 Å². The first-order chi connectivity index (χ1) is 4.70. The number of aromatic nitrogens is 2. The van der Waals surface area contributed by atoms with E-state index in [0.29, 0.717) is 0 Å². The van der Waals surface area contributed by atoms with Gasteiger partial charge in [-0.15, -0.1) is 0 Å². The van der Waals surface area contributed by atoms with Crippen LogP contribution >= 0.6 is 15.9 Å². The lowest BCUT2D eigenvalue weighted by molar-refractivity contribution is 0.959. The zero-order valence-corrected chi connectivity index (χ0v) is 7.51. The molecule has 0 saturated heterocycles. The van der Waals surface area contributed by atoms with E-state index >= 15 is 0 Å². The molecule has 0 fully saturated rings. The quantitative estimate of drug-likeness (QED) is 0.694. The van der Waals surface area contributed by atoms with Crippen molar-refractivity contribution in [2.75, 3.05) is 0 Å². The van der Waals surface area contributed by atoms with Gasteiger partial charge in [-0.3, -0.25) is 0 Å². The maximum absolute atomic E-state index is 4.08. The Labute approximate surface area is 68.8 Å². The fraction of sp³-hybridized carbons (Fsp3) is 0.286. The van der Waals surface area contributed by atoms with Gasteiger partial charge in [0.2, 0.25) is 0 Å². The van der Waals surface area contributed by atoms with Gasteiger partial charge in [-0.25, -0.2) is 9.97 Å². The third-order valence-electron chi connectivity index (χ3n) is 1.07. The van der Waals surface area contributed by atoms with Crippen molar-refractivity contribution in [3.63, 3.8) is 0 Å². The predicted molar refractivity (Wildman–Crippen MR) is 43.4 cm³/mol. The summed E-state index contributed by atoms with van der Waals surface area (Å²) < 4.78 is 0.914. The average Bonchev–Trinajstić information content (AvgIpc) is 1.88. The molecule has 0 atom stereocenters. The second kappa shape index (κ2) is 3.10. The van der Waals surface area contributed by atoms with Gasteiger partial charge in [0, 0.05) is 18.3 Å². The van der Waals surface area contributed by atoms with E-state index in [1.807, 2.05) is 13.8 Å². The summed E-state index contributed by atoms with van der Waals surface area (Å²) in [5, 5.41) is 0. The van der Waals surface area contributed by atoms with Gasteiger partial charge in [-0.2, -0.15) is 0 Å². The second-order valence-electron chi connectivity index (χ2n) is 2.22. The van der Waals surface area contributed by atoms with Crippen LogP contribution in [0.25, 0.3) is 0 Å². The Morgan fingerprint density at radius 3 is 2.20 bits per heavy atom. The summed E-state index contributed by atoms with van der Waals surface area (Å²) >= 11 is 3.26. The summed E-state index contributed by atoms with van der Waals surface area (Å²) in [7, 11) is 0. The highest BCUT2D eigenvalue weighted by Crippen LogP contribution is 2.09. The molecule has 0 aliphatic rings. The number of rotatable bonds is 1. The van der Waals surface area contributed by atoms with Crippen LogP contribution in [0.15, 0.2) is 16.9 Å². The van der Waals surface area contributed by atoms with Crippen molar-refractivity contribution in [2.24, 2.45) is 0 Å². The van der Waals surface area contributed by atoms with Crippen LogP contribution < -0.4 is 0 Å². The Bertz CT molecular complexity index is 205. The Kier molecular flexibility index (Phi) is 2.38. The zero-order valence-electron chi connectivity index (χ0n) is 5.93. The molecule has 0 aliphatic heterocycles. The van der Waals surface area contributed by atoms with Crippen molar-refractivity contribution in [1.29, 1.82) is 0 Å². The Morgan fingerprint density at radius 2 is 1.80 bits per heavy atom. The maximum Gasteiger partial charge on any atom is 0.134 e. The molecule has 3 heteroatoms. The van der Waals surface area contributed by atoms with Gasteiger partial charge >= 0.3 is 0 Å². The van der Waals surface area contributed by atoms with Crippen LogP contribution in [-0.4, -0.2) is 9.97 Å². The number of hydrogen-bond acceptors (Lipinski definition) is 2. The van der Waals surface area contributed by atoms with Crippen LogP contribution in [0.1, 0.15) is 19.7 Å². The van der Waals surface area contributed by atoms with Crippen molar-refractivity contribution < 1.29 is 0 Å². The highest BCUT2D eigenvalue weighted by atomic mass is 79.9. The number of nitrogens with zero attached hydrogens (tertiary/aromatic N) is 2. The molecule has 0 spiro atoms. The Balaban J connectivity index is 2.89. The lowest BCUT2D eigenvalue weighted by Crippen LogP contribution is -1.95. The number of halogens is 1. The standard InChI is InChI=1S/C7H8BrN2/c1-5(2)7-9-3-6(8)4-10-7/h3-4H,1-2H3. The van der Waals surface area contributed by atoms with Crippen LogP contribution in [0, 0.1) is 5.92 Å². The van der Waals surface area contributed by atoms with E-state index in [9.17, 15) is 0 Å². The fourth-order valence-electron chi connectivity index (χ4n) is 0.570. The molecule has 0 aliphatic carbocycles. The second-order valence-corrected chi connectivity index (χ2v) is 3.14. The smallest absolute Gasteiger partial charge is 0.134 e. The molecule has 0 saturated carbocycles. The van der Waals surface area contributed by atoms with Crippen LogP contribution in [0.4, 0.5) is 0 Å². The molecule has 2 nitrogen and oxygen atoms in total. The molecule has 0 bridgehead atoms. The molecule has 1 rings (SSSR count). The third-order valence-corrected chi connectivity index (χ3v) is 1.48. The lowest BCUT2D eigenvalue weighted by atomic mass is 10.2. The van der Waals surface area contributed by atoms with Gasteiger partial charge < -0.3 is 0 Å². The monoisotopic (exact) mass is 199 g/mol. The topological polar surface area (TPSA) is 25.8 Å². The molecule has 53 valence electrons. The summed E-state index contributed by atoms with van der Waals surface area (Å²) in [6.07, 6.45) is 3.49. The highest BCUT2D eigenvalue weighted by molar-refractivity contribution is 9.10. The maximum atomic E-state index is 4.08. The van der Waals surface area contributed by atoms with Crippen molar-refractivity contribution >= 4 is 15.9 Å². The minimum atomic E-state index is 0.809. The lowest BCUT2D eigenvalue weighted by Gasteiger charge is -1.99. The summed E-state index contributed by atoms with van der Waals surface area (Å²) in [6, 6.07) is 0. The van der Waals surface area contributed by atoms with Crippen molar-refractivity contribution in [1.82, 2.24) is 9.97 Å². The minimum Gasteiger partial charge on any atom is -0.240 e. The van der Waals surface area contributed by atoms with E-state index < -0.39 is 0 Å². The summed E-state index contributed by atoms with van der Waals surface area (Å²) in [6.45, 7) is 3.98. The van der Waals surface area contributed by atoms with Crippen LogP contribution in [0.5, 0.6) is 0 Å². The van der Waals surface area contributed by atoms with E-state index in [-0.39, 0.29) is 0 Å². The Hall–Kier alpha value is -0.440. The first-order valence-corrected chi connectivity index (χ1v) is 3.77. The van der Waals surface area contributed by atoms with E-state index in [2.05, 4.69) is 25.9 Å². The fourth-order valence-corrected chi connectivity index (χ4v) is 0.775. The molecule has 0 aromatic carbocycles. The molecule has 10 heavy (non-hydrogen) atoms.